The topological polar surface area (TPSA) is 74.4 Å². The molecule has 1 fully saturated rings. The van der Waals surface area contributed by atoms with Gasteiger partial charge < -0.3 is 15.0 Å². The van der Waals surface area contributed by atoms with Gasteiger partial charge in [0.2, 0.25) is 0 Å². The number of amides is 1. The maximum atomic E-state index is 12.2. The molecule has 144 valence electrons. The van der Waals surface area contributed by atoms with E-state index in [2.05, 4.69) is 27.3 Å². The molecule has 0 saturated carbocycles. The van der Waals surface area contributed by atoms with E-state index in [1.165, 1.54) is 12.5 Å². The molecule has 0 aliphatic carbocycles. The number of carbonyl (C=O) groups is 2. The minimum atomic E-state index is -0.150. The lowest BCUT2D eigenvalue weighted by Crippen LogP contribution is -2.38. The quantitative estimate of drug-likeness (QED) is 0.736. The first-order valence-electron chi connectivity index (χ1n) is 9.38. The van der Waals surface area contributed by atoms with E-state index in [-0.39, 0.29) is 11.7 Å². The maximum Gasteiger partial charge on any atom is 0.267 e. The van der Waals surface area contributed by atoms with Crippen LogP contribution >= 0.6 is 0 Å². The summed E-state index contributed by atoms with van der Waals surface area (Å²) in [5.41, 5.74) is 2.26. The van der Waals surface area contributed by atoms with Gasteiger partial charge in [0.05, 0.1) is 7.11 Å². The van der Waals surface area contributed by atoms with E-state index in [4.69, 9.17) is 4.74 Å². The number of Topliss-reactive ketones (excluding diaryl/α,β-unsaturated/α-hetero) is 1. The first-order chi connectivity index (χ1) is 13.0. The van der Waals surface area contributed by atoms with Crippen LogP contribution in [0.2, 0.25) is 0 Å². The van der Waals surface area contributed by atoms with Crippen molar-refractivity contribution in [2.45, 2.75) is 26.3 Å². The van der Waals surface area contributed by atoms with Crippen LogP contribution in [0, 0.1) is 5.92 Å². The number of piperidine rings is 1. The number of nitrogens with zero attached hydrogens (tertiary/aromatic N) is 1. The fourth-order valence-corrected chi connectivity index (χ4v) is 3.40. The van der Waals surface area contributed by atoms with Crippen molar-refractivity contribution in [3.63, 3.8) is 0 Å². The summed E-state index contributed by atoms with van der Waals surface area (Å²) < 4.78 is 5.20. The molecule has 2 heterocycles. The second-order valence-corrected chi connectivity index (χ2v) is 7.14. The van der Waals surface area contributed by atoms with Crippen molar-refractivity contribution < 1.29 is 14.3 Å². The fraction of sp³-hybridized carbons (Fsp3) is 0.429. The number of aromatic amines is 1. The molecular formula is C21H27N3O3. The molecule has 0 atom stereocenters. The number of benzene rings is 1. The van der Waals surface area contributed by atoms with E-state index >= 15 is 0 Å². The zero-order valence-electron chi connectivity index (χ0n) is 16.0. The molecule has 0 spiro atoms. The molecule has 0 radical (unpaired) electrons. The molecule has 1 saturated heterocycles. The number of H-pyrrole nitrogens is 1. The van der Waals surface area contributed by atoms with Gasteiger partial charge in [0.25, 0.3) is 5.91 Å². The van der Waals surface area contributed by atoms with Crippen molar-refractivity contribution in [1.82, 2.24) is 15.2 Å². The number of nitrogens with one attached hydrogen (secondary N) is 2. The highest BCUT2D eigenvalue weighted by Gasteiger charge is 2.20. The average Bonchev–Trinajstić information content (AvgIpc) is 3.18. The van der Waals surface area contributed by atoms with E-state index in [0.717, 1.165) is 38.2 Å². The third-order valence-electron chi connectivity index (χ3n) is 5.16. The second-order valence-electron chi connectivity index (χ2n) is 7.14. The lowest BCUT2D eigenvalue weighted by Gasteiger charge is -2.32. The lowest BCUT2D eigenvalue weighted by atomic mass is 9.96. The predicted molar refractivity (Wildman–Crippen MR) is 104 cm³/mol. The summed E-state index contributed by atoms with van der Waals surface area (Å²) in [6, 6.07) is 9.81. The Morgan fingerprint density at radius 1 is 1.22 bits per heavy atom. The van der Waals surface area contributed by atoms with Crippen molar-refractivity contribution in [2.75, 3.05) is 26.7 Å². The van der Waals surface area contributed by atoms with E-state index < -0.39 is 0 Å². The van der Waals surface area contributed by atoms with Crippen LogP contribution in [-0.4, -0.2) is 48.3 Å². The molecule has 27 heavy (non-hydrogen) atoms. The Morgan fingerprint density at radius 2 is 1.93 bits per heavy atom. The second kappa shape index (κ2) is 8.86. The monoisotopic (exact) mass is 369 g/mol. The number of ether oxygens (including phenoxy) is 1. The summed E-state index contributed by atoms with van der Waals surface area (Å²) >= 11 is 0. The smallest absolute Gasteiger partial charge is 0.267 e. The maximum absolute atomic E-state index is 12.2. The molecule has 0 bridgehead atoms. The third-order valence-corrected chi connectivity index (χ3v) is 5.16. The summed E-state index contributed by atoms with van der Waals surface area (Å²) in [6.45, 7) is 5.17. The van der Waals surface area contributed by atoms with Crippen LogP contribution in [-0.2, 0) is 6.54 Å². The third kappa shape index (κ3) is 5.20. The number of likely N-dealkylation sites (tertiary alicyclic amines) is 1. The minimum absolute atomic E-state index is 0.0467. The normalized spacial score (nSPS) is 15.5. The Morgan fingerprint density at radius 3 is 2.52 bits per heavy atom. The van der Waals surface area contributed by atoms with Crippen LogP contribution in [0.15, 0.2) is 36.5 Å². The van der Waals surface area contributed by atoms with Gasteiger partial charge in [0.1, 0.15) is 11.4 Å². The number of ketones is 1. The molecule has 1 aliphatic heterocycles. The Kier molecular flexibility index (Phi) is 6.29. The summed E-state index contributed by atoms with van der Waals surface area (Å²) in [6.07, 6.45) is 3.72. The van der Waals surface area contributed by atoms with Crippen LogP contribution in [0.4, 0.5) is 0 Å². The standard InChI is InChI=1S/C21H27N3O3/c1-15(25)18-11-20(22-13-18)21(26)23-12-16-7-9-24(10-8-16)14-17-3-5-19(27-2)6-4-17/h3-6,11,13,16,22H,7-10,12,14H2,1-2H3,(H,23,26). The van der Waals surface area contributed by atoms with Gasteiger partial charge in [-0.25, -0.2) is 0 Å². The van der Waals surface area contributed by atoms with Crippen molar-refractivity contribution in [2.24, 2.45) is 5.92 Å². The van der Waals surface area contributed by atoms with Crippen molar-refractivity contribution in [3.05, 3.63) is 53.3 Å². The van der Waals surface area contributed by atoms with Gasteiger partial charge in [0, 0.05) is 24.8 Å². The van der Waals surface area contributed by atoms with Crippen LogP contribution in [0.1, 0.15) is 46.2 Å². The zero-order valence-corrected chi connectivity index (χ0v) is 16.0. The number of aromatic nitrogens is 1. The summed E-state index contributed by atoms with van der Waals surface area (Å²) in [7, 11) is 1.68. The largest absolute Gasteiger partial charge is 0.497 e. The zero-order chi connectivity index (χ0) is 19.2. The molecule has 6 nitrogen and oxygen atoms in total. The number of carbonyl (C=O) groups excluding carboxylic acids is 2. The van der Waals surface area contributed by atoms with Gasteiger partial charge in [-0.1, -0.05) is 12.1 Å². The molecule has 6 heteroatoms. The molecule has 2 aromatic rings. The minimum Gasteiger partial charge on any atom is -0.497 e. The average molecular weight is 369 g/mol. The van der Waals surface area contributed by atoms with E-state index in [9.17, 15) is 9.59 Å². The van der Waals surface area contributed by atoms with Crippen molar-refractivity contribution in [3.8, 4) is 5.75 Å². The lowest BCUT2D eigenvalue weighted by molar-refractivity contribution is 0.0930. The van der Waals surface area contributed by atoms with E-state index in [0.29, 0.717) is 23.7 Å². The van der Waals surface area contributed by atoms with Gasteiger partial charge in [-0.3, -0.25) is 14.5 Å². The highest BCUT2D eigenvalue weighted by atomic mass is 16.5. The highest BCUT2D eigenvalue weighted by molar-refractivity contribution is 5.99. The molecule has 1 aromatic heterocycles. The van der Waals surface area contributed by atoms with Gasteiger partial charge in [-0.05, 0) is 62.5 Å². The highest BCUT2D eigenvalue weighted by Crippen LogP contribution is 2.20. The van der Waals surface area contributed by atoms with Gasteiger partial charge in [-0.15, -0.1) is 0 Å². The number of hydrogen-bond acceptors (Lipinski definition) is 4. The predicted octanol–water partition coefficient (Wildman–Crippen LogP) is 2.87. The summed E-state index contributed by atoms with van der Waals surface area (Å²) in [4.78, 5) is 28.8. The Bertz CT molecular complexity index is 774. The van der Waals surface area contributed by atoms with Crippen LogP contribution in [0.25, 0.3) is 0 Å². The fourth-order valence-electron chi connectivity index (χ4n) is 3.40. The Balaban J connectivity index is 1.41. The Hall–Kier alpha value is -2.60. The van der Waals surface area contributed by atoms with Crippen molar-refractivity contribution in [1.29, 1.82) is 0 Å². The summed E-state index contributed by atoms with van der Waals surface area (Å²) in [5.74, 6) is 1.17. The van der Waals surface area contributed by atoms with Crippen molar-refractivity contribution >= 4 is 11.7 Å². The SMILES string of the molecule is COc1ccc(CN2CCC(CNC(=O)c3cc(C(C)=O)c[nH]3)CC2)cc1. The molecule has 2 N–H and O–H groups in total. The van der Waals surface area contributed by atoms with Crippen LogP contribution in [0.5, 0.6) is 5.75 Å². The Labute approximate surface area is 159 Å². The molecule has 1 aromatic carbocycles. The van der Waals surface area contributed by atoms with Gasteiger partial charge in [-0.2, -0.15) is 0 Å². The first-order valence-corrected chi connectivity index (χ1v) is 9.38. The molecule has 3 rings (SSSR count). The number of hydrogen-bond donors (Lipinski definition) is 2. The van der Waals surface area contributed by atoms with Gasteiger partial charge >= 0.3 is 0 Å². The van der Waals surface area contributed by atoms with E-state index in [1.807, 2.05) is 12.1 Å². The summed E-state index contributed by atoms with van der Waals surface area (Å²) in [5, 5.41) is 2.98. The first kappa shape index (κ1) is 19.2. The van der Waals surface area contributed by atoms with Gasteiger partial charge in [0.15, 0.2) is 5.78 Å². The van der Waals surface area contributed by atoms with E-state index in [1.54, 1.807) is 19.4 Å². The molecule has 1 aliphatic rings. The van der Waals surface area contributed by atoms with Crippen LogP contribution < -0.4 is 10.1 Å². The number of rotatable bonds is 7. The molecule has 0 unspecified atom stereocenters. The number of methoxy groups -OCH3 is 1. The molecule has 1 amide bonds. The molecular weight excluding hydrogens is 342 g/mol. The van der Waals surface area contributed by atoms with Crippen LogP contribution in [0.3, 0.4) is 0 Å².